The summed E-state index contributed by atoms with van der Waals surface area (Å²) in [6.07, 6.45) is 0.118. The van der Waals surface area contributed by atoms with Crippen LogP contribution in [0.15, 0.2) is 28.5 Å². The fraction of sp³-hybridized carbons (Fsp3) is 0.182. The Morgan fingerprint density at radius 3 is 2.69 bits per heavy atom. The number of hydrogen-bond acceptors (Lipinski definition) is 3. The van der Waals surface area contributed by atoms with Crippen molar-refractivity contribution in [3.05, 3.63) is 34.2 Å². The minimum absolute atomic E-state index is 0.0747. The molecule has 1 aromatic carbocycles. The van der Waals surface area contributed by atoms with Crippen molar-refractivity contribution in [1.29, 1.82) is 0 Å². The fourth-order valence-electron chi connectivity index (χ4n) is 1.77. The SMILES string of the molecule is CC(=O)CC1=CS(=O)(=O)c2c(Cl)cccc21. The first-order valence-electron chi connectivity index (χ1n) is 4.66. The van der Waals surface area contributed by atoms with Gasteiger partial charge in [-0.15, -0.1) is 0 Å². The number of hydrogen-bond donors (Lipinski definition) is 0. The van der Waals surface area contributed by atoms with E-state index >= 15 is 0 Å². The molecule has 1 aromatic rings. The largest absolute Gasteiger partial charge is 0.300 e. The molecule has 0 amide bonds. The van der Waals surface area contributed by atoms with E-state index < -0.39 is 9.84 Å². The molecule has 0 saturated carbocycles. The minimum Gasteiger partial charge on any atom is -0.300 e. The van der Waals surface area contributed by atoms with E-state index in [4.69, 9.17) is 11.6 Å². The molecule has 0 fully saturated rings. The highest BCUT2D eigenvalue weighted by Gasteiger charge is 2.29. The summed E-state index contributed by atoms with van der Waals surface area (Å²) in [6.45, 7) is 1.43. The number of carbonyl (C=O) groups excluding carboxylic acids is 1. The highest BCUT2D eigenvalue weighted by Crippen LogP contribution is 2.39. The third-order valence-electron chi connectivity index (χ3n) is 2.33. The van der Waals surface area contributed by atoms with Gasteiger partial charge in [0.05, 0.1) is 9.92 Å². The average Bonchev–Trinajstić information content (AvgIpc) is 2.38. The molecule has 5 heteroatoms. The second-order valence-electron chi connectivity index (χ2n) is 3.68. The van der Waals surface area contributed by atoms with Gasteiger partial charge in [0.1, 0.15) is 5.78 Å². The topological polar surface area (TPSA) is 51.2 Å². The summed E-state index contributed by atoms with van der Waals surface area (Å²) in [5, 5.41) is 1.33. The Morgan fingerprint density at radius 1 is 1.38 bits per heavy atom. The zero-order valence-corrected chi connectivity index (χ0v) is 10.1. The molecule has 0 bridgehead atoms. The van der Waals surface area contributed by atoms with Crippen LogP contribution in [0.25, 0.3) is 5.57 Å². The van der Waals surface area contributed by atoms with Gasteiger partial charge in [-0.05, 0) is 24.1 Å². The maximum absolute atomic E-state index is 11.8. The van der Waals surface area contributed by atoms with Crippen LogP contribution in [-0.2, 0) is 14.6 Å². The maximum atomic E-state index is 11.8. The second-order valence-corrected chi connectivity index (χ2v) is 5.82. The van der Waals surface area contributed by atoms with Crippen LogP contribution >= 0.6 is 11.6 Å². The van der Waals surface area contributed by atoms with E-state index in [1.54, 1.807) is 12.1 Å². The molecule has 3 nitrogen and oxygen atoms in total. The Labute approximate surface area is 98.7 Å². The van der Waals surface area contributed by atoms with Gasteiger partial charge >= 0.3 is 0 Å². The van der Waals surface area contributed by atoms with Crippen LogP contribution in [-0.4, -0.2) is 14.2 Å². The Morgan fingerprint density at radius 2 is 2.06 bits per heavy atom. The van der Waals surface area contributed by atoms with E-state index in [1.165, 1.54) is 13.0 Å². The van der Waals surface area contributed by atoms with Gasteiger partial charge in [0.25, 0.3) is 0 Å². The van der Waals surface area contributed by atoms with Crippen molar-refractivity contribution in [3.63, 3.8) is 0 Å². The smallest absolute Gasteiger partial charge is 0.202 e. The van der Waals surface area contributed by atoms with Crippen LogP contribution < -0.4 is 0 Å². The number of rotatable bonds is 2. The molecule has 1 aliphatic rings. The quantitative estimate of drug-likeness (QED) is 0.817. The summed E-state index contributed by atoms with van der Waals surface area (Å²) >= 11 is 5.86. The molecule has 0 aromatic heterocycles. The lowest BCUT2D eigenvalue weighted by Crippen LogP contribution is -1.94. The third kappa shape index (κ3) is 1.79. The van der Waals surface area contributed by atoms with Crippen LogP contribution in [0.3, 0.4) is 0 Å². The molecule has 0 N–H and O–H groups in total. The molecule has 0 saturated heterocycles. The number of sulfone groups is 1. The molecular formula is C11H9ClO3S. The Balaban J connectivity index is 2.65. The Hall–Kier alpha value is -1.13. The van der Waals surface area contributed by atoms with Gasteiger partial charge in [-0.3, -0.25) is 4.79 Å². The van der Waals surface area contributed by atoms with Crippen LogP contribution in [0, 0.1) is 0 Å². The van der Waals surface area contributed by atoms with Gasteiger partial charge in [-0.2, -0.15) is 0 Å². The van der Waals surface area contributed by atoms with Gasteiger partial charge in [-0.25, -0.2) is 8.42 Å². The van der Waals surface area contributed by atoms with Crippen molar-refractivity contribution >= 4 is 32.8 Å². The lowest BCUT2D eigenvalue weighted by Gasteiger charge is -2.03. The molecular weight excluding hydrogens is 248 g/mol. The van der Waals surface area contributed by atoms with Gasteiger partial charge in [0.2, 0.25) is 9.84 Å². The summed E-state index contributed by atoms with van der Waals surface area (Å²) in [4.78, 5) is 11.2. The normalized spacial score (nSPS) is 16.8. The highest BCUT2D eigenvalue weighted by molar-refractivity contribution is 7.95. The molecule has 0 radical (unpaired) electrons. The van der Waals surface area contributed by atoms with Gasteiger partial charge in [0, 0.05) is 11.8 Å². The van der Waals surface area contributed by atoms with Crippen molar-refractivity contribution in [1.82, 2.24) is 0 Å². The van der Waals surface area contributed by atoms with E-state index in [1.807, 2.05) is 0 Å². The molecule has 1 heterocycles. The molecule has 0 aliphatic carbocycles. The van der Waals surface area contributed by atoms with Crippen molar-refractivity contribution in [3.8, 4) is 0 Å². The maximum Gasteiger partial charge on any atom is 0.202 e. The summed E-state index contributed by atoms with van der Waals surface area (Å²) in [5.41, 5.74) is 1.06. The Bertz CT molecular complexity index is 600. The van der Waals surface area contributed by atoms with Crippen molar-refractivity contribution in [2.75, 3.05) is 0 Å². The second kappa shape index (κ2) is 3.71. The molecule has 2 rings (SSSR count). The lowest BCUT2D eigenvalue weighted by molar-refractivity contribution is -0.116. The van der Waals surface area contributed by atoms with E-state index in [-0.39, 0.29) is 22.1 Å². The first-order valence-corrected chi connectivity index (χ1v) is 6.58. The molecule has 0 unspecified atom stereocenters. The lowest BCUT2D eigenvalue weighted by atomic mass is 10.0. The highest BCUT2D eigenvalue weighted by atomic mass is 35.5. The van der Waals surface area contributed by atoms with Gasteiger partial charge in [0.15, 0.2) is 0 Å². The van der Waals surface area contributed by atoms with Crippen LogP contribution in [0.2, 0.25) is 5.02 Å². The van der Waals surface area contributed by atoms with Crippen LogP contribution in [0.4, 0.5) is 0 Å². The number of ketones is 1. The average molecular weight is 257 g/mol. The third-order valence-corrected chi connectivity index (χ3v) is 4.36. The van der Waals surface area contributed by atoms with Crippen LogP contribution in [0.5, 0.6) is 0 Å². The first kappa shape index (κ1) is 11.4. The fourth-order valence-corrected chi connectivity index (χ4v) is 3.81. The molecule has 0 spiro atoms. The number of carbonyl (C=O) groups is 1. The summed E-state index contributed by atoms with van der Waals surface area (Å²) in [6, 6.07) is 4.87. The molecule has 16 heavy (non-hydrogen) atoms. The molecule has 84 valence electrons. The number of Topliss-reactive ketones (excluding diaryl/α,β-unsaturated/α-hetero) is 1. The first-order chi connectivity index (χ1) is 7.42. The number of halogens is 1. The zero-order valence-electron chi connectivity index (χ0n) is 8.53. The van der Waals surface area contributed by atoms with E-state index in [0.717, 1.165) is 5.41 Å². The van der Waals surface area contributed by atoms with Crippen LogP contribution in [0.1, 0.15) is 18.9 Å². The van der Waals surface area contributed by atoms with E-state index in [2.05, 4.69) is 0 Å². The molecule has 0 atom stereocenters. The number of benzene rings is 1. The predicted molar refractivity (Wildman–Crippen MR) is 61.9 cm³/mol. The van der Waals surface area contributed by atoms with Gasteiger partial charge in [-0.1, -0.05) is 23.7 Å². The summed E-state index contributed by atoms with van der Waals surface area (Å²) < 4.78 is 23.6. The Kier molecular flexibility index (Phi) is 2.64. The number of fused-ring (bicyclic) bond motifs is 1. The van der Waals surface area contributed by atoms with E-state index in [9.17, 15) is 13.2 Å². The summed E-state index contributed by atoms with van der Waals surface area (Å²) in [7, 11) is -3.48. The van der Waals surface area contributed by atoms with Crippen molar-refractivity contribution < 1.29 is 13.2 Å². The summed E-state index contributed by atoms with van der Waals surface area (Å²) in [5.74, 6) is -0.0747. The van der Waals surface area contributed by atoms with Crippen molar-refractivity contribution in [2.45, 2.75) is 18.2 Å². The monoisotopic (exact) mass is 256 g/mol. The standard InChI is InChI=1S/C11H9ClO3S/c1-7(13)5-8-6-16(14,15)11-9(8)3-2-4-10(11)12/h2-4,6H,5H2,1H3. The zero-order chi connectivity index (χ0) is 11.9. The van der Waals surface area contributed by atoms with Crippen molar-refractivity contribution in [2.24, 2.45) is 0 Å². The van der Waals surface area contributed by atoms with Gasteiger partial charge < -0.3 is 0 Å². The minimum atomic E-state index is -3.48. The molecule has 1 aliphatic heterocycles. The predicted octanol–water partition coefficient (Wildman–Crippen LogP) is 2.45. The number of allylic oxidation sites excluding steroid dienone is 1. The van der Waals surface area contributed by atoms with E-state index in [0.29, 0.717) is 11.1 Å².